The maximum atomic E-state index is 11.4. The van der Waals surface area contributed by atoms with Gasteiger partial charge in [-0.3, -0.25) is 4.79 Å². The molecule has 5 nitrogen and oxygen atoms in total. The van der Waals surface area contributed by atoms with Crippen LogP contribution in [0, 0.1) is 0 Å². The maximum absolute atomic E-state index is 11.4. The number of carbonyl (C=O) groups is 1. The Morgan fingerprint density at radius 1 is 1.55 bits per heavy atom. The van der Waals surface area contributed by atoms with Gasteiger partial charge in [-0.25, -0.2) is 4.98 Å². The van der Waals surface area contributed by atoms with E-state index in [0.29, 0.717) is 13.2 Å². The van der Waals surface area contributed by atoms with Crippen LogP contribution >= 0.6 is 0 Å². The van der Waals surface area contributed by atoms with Crippen molar-refractivity contribution in [2.45, 2.75) is 19.5 Å². The predicted molar refractivity (Wildman–Crippen MR) is 78.4 cm³/mol. The highest BCUT2D eigenvalue weighted by atomic mass is 16.5. The summed E-state index contributed by atoms with van der Waals surface area (Å²) in [5.74, 6) is 0.612. The molecule has 0 radical (unpaired) electrons. The second-order valence-electron chi connectivity index (χ2n) is 4.54. The molecule has 1 atom stereocenters. The quantitative estimate of drug-likeness (QED) is 0.819. The van der Waals surface area contributed by atoms with Crippen LogP contribution in [-0.4, -0.2) is 29.2 Å². The topological polar surface area (TPSA) is 56.2 Å². The molecular weight excluding hydrogens is 254 g/mol. The van der Waals surface area contributed by atoms with Crippen molar-refractivity contribution < 1.29 is 9.53 Å². The zero-order valence-electron chi connectivity index (χ0n) is 11.8. The summed E-state index contributed by atoms with van der Waals surface area (Å²) in [6.45, 7) is 6.66. The Hall–Kier alpha value is -2.14. The predicted octanol–water partition coefficient (Wildman–Crippen LogP) is 2.05. The Morgan fingerprint density at radius 3 is 3.00 bits per heavy atom. The van der Waals surface area contributed by atoms with Crippen molar-refractivity contribution >= 4 is 16.9 Å². The molecule has 1 amide bonds. The van der Waals surface area contributed by atoms with Gasteiger partial charge in [-0.1, -0.05) is 18.7 Å². The van der Waals surface area contributed by atoms with Crippen molar-refractivity contribution in [2.24, 2.45) is 0 Å². The molecule has 5 heteroatoms. The van der Waals surface area contributed by atoms with E-state index in [0.717, 1.165) is 16.9 Å². The second kappa shape index (κ2) is 6.34. The van der Waals surface area contributed by atoms with Gasteiger partial charge in [0.1, 0.15) is 5.82 Å². The minimum Gasteiger partial charge on any atom is -0.383 e. The first-order chi connectivity index (χ1) is 9.67. The molecule has 2 rings (SSSR count). The number of benzene rings is 1. The van der Waals surface area contributed by atoms with Crippen LogP contribution in [0.15, 0.2) is 36.9 Å². The molecule has 1 aromatic heterocycles. The van der Waals surface area contributed by atoms with Gasteiger partial charge in [-0.05, 0) is 25.1 Å². The van der Waals surface area contributed by atoms with Gasteiger partial charge in [0.2, 0.25) is 5.91 Å². The maximum Gasteiger partial charge on any atom is 0.243 e. The van der Waals surface area contributed by atoms with Gasteiger partial charge in [0.25, 0.3) is 0 Å². The molecule has 1 heterocycles. The molecule has 0 saturated heterocycles. The molecule has 0 fully saturated rings. The minimum atomic E-state index is -0.206. The van der Waals surface area contributed by atoms with E-state index in [-0.39, 0.29) is 11.9 Å². The molecule has 0 saturated carbocycles. The fourth-order valence-corrected chi connectivity index (χ4v) is 2.18. The number of aromatic nitrogens is 2. The zero-order valence-corrected chi connectivity index (χ0v) is 11.8. The smallest absolute Gasteiger partial charge is 0.243 e. The highest BCUT2D eigenvalue weighted by Gasteiger charge is 2.17. The molecule has 0 aliphatic carbocycles. The van der Waals surface area contributed by atoms with Crippen LogP contribution in [0.4, 0.5) is 0 Å². The number of para-hydroxylation sites is 2. The number of nitrogens with one attached hydrogen (secondary N) is 1. The monoisotopic (exact) mass is 273 g/mol. The summed E-state index contributed by atoms with van der Waals surface area (Å²) < 4.78 is 7.23. The van der Waals surface area contributed by atoms with E-state index in [1.165, 1.54) is 6.08 Å². The third-order valence-corrected chi connectivity index (χ3v) is 3.13. The summed E-state index contributed by atoms with van der Waals surface area (Å²) in [5, 5.41) is 2.84. The number of imidazole rings is 1. The lowest BCUT2D eigenvalue weighted by molar-refractivity contribution is -0.117. The molecule has 0 aliphatic rings. The molecule has 2 aromatic rings. The van der Waals surface area contributed by atoms with Crippen LogP contribution in [0.3, 0.4) is 0 Å². The number of methoxy groups -OCH3 is 1. The SMILES string of the molecule is C=CC(=O)NC(C)c1nc2ccccc2n1CCOC. The van der Waals surface area contributed by atoms with E-state index in [9.17, 15) is 4.79 Å². The lowest BCUT2D eigenvalue weighted by atomic mass is 10.3. The molecule has 20 heavy (non-hydrogen) atoms. The first kappa shape index (κ1) is 14.3. The third-order valence-electron chi connectivity index (χ3n) is 3.13. The molecule has 1 N–H and O–H groups in total. The highest BCUT2D eigenvalue weighted by molar-refractivity contribution is 5.87. The summed E-state index contributed by atoms with van der Waals surface area (Å²) in [6, 6.07) is 7.72. The van der Waals surface area contributed by atoms with Crippen molar-refractivity contribution in [3.05, 3.63) is 42.7 Å². The molecule has 0 bridgehead atoms. The largest absolute Gasteiger partial charge is 0.383 e. The van der Waals surface area contributed by atoms with Crippen LogP contribution < -0.4 is 5.32 Å². The number of ether oxygens (including phenoxy) is 1. The van der Waals surface area contributed by atoms with Crippen LogP contribution in [0.1, 0.15) is 18.8 Å². The average molecular weight is 273 g/mol. The van der Waals surface area contributed by atoms with Gasteiger partial charge in [0.05, 0.1) is 23.7 Å². The number of hydrogen-bond acceptors (Lipinski definition) is 3. The van der Waals surface area contributed by atoms with E-state index in [2.05, 4.69) is 21.4 Å². The van der Waals surface area contributed by atoms with Crippen molar-refractivity contribution in [3.8, 4) is 0 Å². The van der Waals surface area contributed by atoms with Crippen molar-refractivity contribution in [1.82, 2.24) is 14.9 Å². The van der Waals surface area contributed by atoms with Crippen LogP contribution in [-0.2, 0) is 16.1 Å². The van der Waals surface area contributed by atoms with Crippen molar-refractivity contribution in [3.63, 3.8) is 0 Å². The van der Waals surface area contributed by atoms with Gasteiger partial charge >= 0.3 is 0 Å². The Bertz CT molecular complexity index is 619. The second-order valence-corrected chi connectivity index (χ2v) is 4.54. The highest BCUT2D eigenvalue weighted by Crippen LogP contribution is 2.20. The Morgan fingerprint density at radius 2 is 2.30 bits per heavy atom. The standard InChI is InChI=1S/C15H19N3O2/c1-4-14(19)16-11(2)15-17-12-7-5-6-8-13(12)18(15)9-10-20-3/h4-8,11H,1,9-10H2,2-3H3,(H,16,19). The number of fused-ring (bicyclic) bond motifs is 1. The number of amides is 1. The van der Waals surface area contributed by atoms with Gasteiger partial charge in [-0.15, -0.1) is 0 Å². The molecule has 1 aromatic carbocycles. The Labute approximate surface area is 118 Å². The fraction of sp³-hybridized carbons (Fsp3) is 0.333. The number of rotatable bonds is 6. The number of nitrogens with zero attached hydrogens (tertiary/aromatic N) is 2. The molecular formula is C15H19N3O2. The summed E-state index contributed by atoms with van der Waals surface area (Å²) >= 11 is 0. The fourth-order valence-electron chi connectivity index (χ4n) is 2.18. The van der Waals surface area contributed by atoms with E-state index in [1.54, 1.807) is 7.11 Å². The van der Waals surface area contributed by atoms with E-state index in [4.69, 9.17) is 4.74 Å². The zero-order chi connectivity index (χ0) is 14.5. The first-order valence-corrected chi connectivity index (χ1v) is 6.54. The normalized spacial score (nSPS) is 12.3. The van der Waals surface area contributed by atoms with Crippen molar-refractivity contribution in [1.29, 1.82) is 0 Å². The van der Waals surface area contributed by atoms with Crippen molar-refractivity contribution in [2.75, 3.05) is 13.7 Å². The number of hydrogen-bond donors (Lipinski definition) is 1. The molecule has 0 spiro atoms. The van der Waals surface area contributed by atoms with E-state index < -0.39 is 0 Å². The van der Waals surface area contributed by atoms with Crippen LogP contribution in [0.2, 0.25) is 0 Å². The van der Waals surface area contributed by atoms with Crippen LogP contribution in [0.5, 0.6) is 0 Å². The minimum absolute atomic E-state index is 0.190. The van der Waals surface area contributed by atoms with Gasteiger partial charge in [-0.2, -0.15) is 0 Å². The summed E-state index contributed by atoms with van der Waals surface area (Å²) in [4.78, 5) is 16.1. The summed E-state index contributed by atoms with van der Waals surface area (Å²) in [5.41, 5.74) is 1.96. The Kier molecular flexibility index (Phi) is 4.53. The van der Waals surface area contributed by atoms with Gasteiger partial charge < -0.3 is 14.6 Å². The lowest BCUT2D eigenvalue weighted by Crippen LogP contribution is -2.27. The van der Waals surface area contributed by atoms with Gasteiger partial charge in [0.15, 0.2) is 0 Å². The first-order valence-electron chi connectivity index (χ1n) is 6.54. The third kappa shape index (κ3) is 2.88. The van der Waals surface area contributed by atoms with Gasteiger partial charge in [0, 0.05) is 13.7 Å². The molecule has 0 aliphatic heterocycles. The molecule has 1 unspecified atom stereocenters. The summed E-state index contributed by atoms with van der Waals surface area (Å²) in [7, 11) is 1.67. The van der Waals surface area contributed by atoms with E-state index in [1.807, 2.05) is 31.2 Å². The van der Waals surface area contributed by atoms with E-state index >= 15 is 0 Å². The number of carbonyl (C=O) groups excluding carboxylic acids is 1. The summed E-state index contributed by atoms with van der Waals surface area (Å²) in [6.07, 6.45) is 1.26. The Balaban J connectivity index is 2.39. The lowest BCUT2D eigenvalue weighted by Gasteiger charge is -2.15. The van der Waals surface area contributed by atoms with Crippen LogP contribution in [0.25, 0.3) is 11.0 Å². The average Bonchev–Trinajstić information content (AvgIpc) is 2.83. The molecule has 106 valence electrons.